The first kappa shape index (κ1) is 31.2. The van der Waals surface area contributed by atoms with E-state index in [-0.39, 0.29) is 0 Å². The van der Waals surface area contributed by atoms with Gasteiger partial charge in [0, 0.05) is 6.42 Å². The van der Waals surface area contributed by atoms with Crippen molar-refractivity contribution >= 4 is 5.97 Å². The molecule has 0 radical (unpaired) electrons. The van der Waals surface area contributed by atoms with Crippen molar-refractivity contribution in [2.24, 2.45) is 5.92 Å². The molecule has 1 unspecified atom stereocenters. The topological polar surface area (TPSA) is 40.5 Å². The highest BCUT2D eigenvalue weighted by Crippen LogP contribution is 2.22. The molecule has 190 valence electrons. The zero-order valence-corrected chi connectivity index (χ0v) is 22.1. The van der Waals surface area contributed by atoms with Crippen molar-refractivity contribution in [2.45, 2.75) is 142 Å². The molecule has 0 bridgehead atoms. The molecule has 0 fully saturated rings. The second-order valence-corrected chi connectivity index (χ2v) is 10.2. The molecular formula is C29H57NO2. The molecule has 0 heterocycles. The van der Waals surface area contributed by atoms with Crippen LogP contribution in [0.3, 0.4) is 0 Å². The molecule has 3 heteroatoms. The van der Waals surface area contributed by atoms with Gasteiger partial charge in [0.1, 0.15) is 0 Å². The Kier molecular flexibility index (Phi) is 24.2. The van der Waals surface area contributed by atoms with Gasteiger partial charge in [0.2, 0.25) is 0 Å². The van der Waals surface area contributed by atoms with Gasteiger partial charge in [0.25, 0.3) is 0 Å². The molecular weight excluding hydrogens is 394 g/mol. The normalized spacial score (nSPS) is 12.8. The van der Waals surface area contributed by atoms with Crippen LogP contribution in [0.2, 0.25) is 0 Å². The third-order valence-corrected chi connectivity index (χ3v) is 6.61. The first-order valence-corrected chi connectivity index (χ1v) is 14.1. The lowest BCUT2D eigenvalue weighted by Crippen LogP contribution is -2.17. The van der Waals surface area contributed by atoms with E-state index < -0.39 is 5.97 Å². The van der Waals surface area contributed by atoms with Crippen LogP contribution in [-0.4, -0.2) is 36.6 Å². The number of carbonyl (C=O) groups is 1. The summed E-state index contributed by atoms with van der Waals surface area (Å²) in [4.78, 5) is 12.8. The van der Waals surface area contributed by atoms with Crippen molar-refractivity contribution < 1.29 is 9.90 Å². The number of carboxylic acids is 1. The van der Waals surface area contributed by atoms with Gasteiger partial charge in [-0.25, -0.2) is 0 Å². The van der Waals surface area contributed by atoms with Crippen LogP contribution in [-0.2, 0) is 4.79 Å². The molecule has 0 spiro atoms. The van der Waals surface area contributed by atoms with Crippen molar-refractivity contribution in [3.05, 3.63) is 12.2 Å². The molecule has 0 aliphatic carbocycles. The molecule has 0 aromatic carbocycles. The standard InChI is InChI=1S/C29H57NO2/c1-4-5-6-7-17-20-23-28(26-27-30(2)3)24-21-18-15-13-11-9-8-10-12-14-16-19-22-25-29(31)32/h10,12,28H,4-9,11,13-27H2,1-3H3,(H,31,32)/b12-10-. The summed E-state index contributed by atoms with van der Waals surface area (Å²) >= 11 is 0. The molecule has 0 saturated heterocycles. The van der Waals surface area contributed by atoms with Gasteiger partial charge in [-0.05, 0) is 65.1 Å². The maximum atomic E-state index is 10.5. The van der Waals surface area contributed by atoms with E-state index in [1.165, 1.54) is 109 Å². The molecule has 1 atom stereocenters. The summed E-state index contributed by atoms with van der Waals surface area (Å²) in [5.74, 6) is 0.274. The second kappa shape index (κ2) is 24.8. The van der Waals surface area contributed by atoms with Gasteiger partial charge in [0.05, 0.1) is 0 Å². The molecule has 0 saturated carbocycles. The third kappa shape index (κ3) is 25.4. The Labute approximate surface area is 201 Å². The fraction of sp³-hybridized carbons (Fsp3) is 0.897. The average molecular weight is 452 g/mol. The number of nitrogens with zero attached hydrogens (tertiary/aromatic N) is 1. The highest BCUT2D eigenvalue weighted by atomic mass is 16.4. The van der Waals surface area contributed by atoms with Gasteiger partial charge in [0.15, 0.2) is 0 Å². The molecule has 0 aromatic rings. The Morgan fingerprint density at radius 3 is 1.66 bits per heavy atom. The molecule has 0 aliphatic heterocycles. The zero-order valence-electron chi connectivity index (χ0n) is 22.1. The number of unbranched alkanes of at least 4 members (excludes halogenated alkanes) is 14. The monoisotopic (exact) mass is 451 g/mol. The van der Waals surface area contributed by atoms with E-state index in [0.29, 0.717) is 6.42 Å². The van der Waals surface area contributed by atoms with Gasteiger partial charge in [-0.15, -0.1) is 0 Å². The molecule has 0 rings (SSSR count). The minimum absolute atomic E-state index is 0.319. The van der Waals surface area contributed by atoms with E-state index in [4.69, 9.17) is 5.11 Å². The zero-order chi connectivity index (χ0) is 23.7. The quantitative estimate of drug-likeness (QED) is 0.111. The van der Waals surface area contributed by atoms with Crippen molar-refractivity contribution in [1.29, 1.82) is 0 Å². The number of carboxylic acid groups (broad SMARTS) is 1. The summed E-state index contributed by atoms with van der Waals surface area (Å²) < 4.78 is 0. The fourth-order valence-electron chi connectivity index (χ4n) is 4.44. The number of hydrogen-bond acceptors (Lipinski definition) is 2. The van der Waals surface area contributed by atoms with Crippen LogP contribution in [0.1, 0.15) is 142 Å². The van der Waals surface area contributed by atoms with Gasteiger partial charge < -0.3 is 10.0 Å². The maximum Gasteiger partial charge on any atom is 0.303 e. The summed E-state index contributed by atoms with van der Waals surface area (Å²) in [7, 11) is 4.42. The van der Waals surface area contributed by atoms with Crippen LogP contribution in [0.5, 0.6) is 0 Å². The first-order chi connectivity index (χ1) is 15.6. The number of allylic oxidation sites excluding steroid dienone is 2. The van der Waals surface area contributed by atoms with Gasteiger partial charge >= 0.3 is 5.97 Å². The summed E-state index contributed by atoms with van der Waals surface area (Å²) in [5.41, 5.74) is 0. The lowest BCUT2D eigenvalue weighted by atomic mass is 9.91. The molecule has 1 N–H and O–H groups in total. The van der Waals surface area contributed by atoms with E-state index in [1.807, 2.05) is 0 Å². The predicted octanol–water partition coefficient (Wildman–Crippen LogP) is 9.02. The van der Waals surface area contributed by atoms with E-state index in [0.717, 1.165) is 31.6 Å². The first-order valence-electron chi connectivity index (χ1n) is 14.1. The Hall–Kier alpha value is -0.830. The molecule has 0 aliphatic rings. The highest BCUT2D eigenvalue weighted by Gasteiger charge is 2.09. The predicted molar refractivity (Wildman–Crippen MR) is 141 cm³/mol. The second-order valence-electron chi connectivity index (χ2n) is 10.2. The third-order valence-electron chi connectivity index (χ3n) is 6.61. The van der Waals surface area contributed by atoms with Crippen LogP contribution in [0.25, 0.3) is 0 Å². The number of rotatable bonds is 25. The lowest BCUT2D eigenvalue weighted by Gasteiger charge is -2.19. The van der Waals surface area contributed by atoms with E-state index in [2.05, 4.69) is 38.1 Å². The SMILES string of the molecule is CCCCCCCCC(CCCCCCCC/C=C\CCCCCC(=O)O)CCN(C)C. The Balaban J connectivity index is 3.60. The van der Waals surface area contributed by atoms with Crippen LogP contribution in [0, 0.1) is 5.92 Å². The van der Waals surface area contributed by atoms with Crippen molar-refractivity contribution in [1.82, 2.24) is 4.90 Å². The van der Waals surface area contributed by atoms with Crippen LogP contribution in [0.15, 0.2) is 12.2 Å². The van der Waals surface area contributed by atoms with Crippen molar-refractivity contribution in [2.75, 3.05) is 20.6 Å². The smallest absolute Gasteiger partial charge is 0.303 e. The summed E-state index contributed by atoms with van der Waals surface area (Å²) in [6.07, 6.45) is 31.3. The Bertz CT molecular complexity index is 419. The van der Waals surface area contributed by atoms with E-state index in [9.17, 15) is 4.79 Å². The molecule has 0 amide bonds. The van der Waals surface area contributed by atoms with Crippen LogP contribution >= 0.6 is 0 Å². The van der Waals surface area contributed by atoms with Gasteiger partial charge in [-0.2, -0.15) is 0 Å². The van der Waals surface area contributed by atoms with E-state index in [1.54, 1.807) is 0 Å². The minimum Gasteiger partial charge on any atom is -0.481 e. The van der Waals surface area contributed by atoms with E-state index >= 15 is 0 Å². The van der Waals surface area contributed by atoms with Crippen molar-refractivity contribution in [3.8, 4) is 0 Å². The fourth-order valence-corrected chi connectivity index (χ4v) is 4.44. The summed E-state index contributed by atoms with van der Waals surface area (Å²) in [6, 6.07) is 0. The number of hydrogen-bond donors (Lipinski definition) is 1. The largest absolute Gasteiger partial charge is 0.481 e. The number of aliphatic carboxylic acids is 1. The van der Waals surface area contributed by atoms with Gasteiger partial charge in [-0.1, -0.05) is 109 Å². The van der Waals surface area contributed by atoms with Crippen LogP contribution < -0.4 is 0 Å². The molecule has 0 aromatic heterocycles. The maximum absolute atomic E-state index is 10.5. The highest BCUT2D eigenvalue weighted by molar-refractivity contribution is 5.66. The van der Waals surface area contributed by atoms with Crippen LogP contribution in [0.4, 0.5) is 0 Å². The molecule has 3 nitrogen and oxygen atoms in total. The summed E-state index contributed by atoms with van der Waals surface area (Å²) in [5, 5.41) is 8.61. The Morgan fingerprint density at radius 2 is 1.16 bits per heavy atom. The lowest BCUT2D eigenvalue weighted by molar-refractivity contribution is -0.137. The van der Waals surface area contributed by atoms with Gasteiger partial charge in [-0.3, -0.25) is 4.79 Å². The van der Waals surface area contributed by atoms with Crippen molar-refractivity contribution in [3.63, 3.8) is 0 Å². The molecule has 32 heavy (non-hydrogen) atoms. The Morgan fingerprint density at radius 1 is 0.688 bits per heavy atom. The average Bonchev–Trinajstić information content (AvgIpc) is 2.76. The summed E-state index contributed by atoms with van der Waals surface area (Å²) in [6.45, 7) is 3.54. The minimum atomic E-state index is -0.669.